The summed E-state index contributed by atoms with van der Waals surface area (Å²) in [5.74, 6) is 0. The smallest absolute Gasteiger partial charge is 0.107 e. The molecule has 4 aromatic rings. The quantitative estimate of drug-likeness (QED) is 0.138. The predicted octanol–water partition coefficient (Wildman–Crippen LogP) is 7.92. The Labute approximate surface area is 310 Å². The minimum absolute atomic E-state index is 0.351. The van der Waals surface area contributed by atoms with Crippen molar-refractivity contribution < 1.29 is 30.0 Å². The maximum atomic E-state index is 11.7. The van der Waals surface area contributed by atoms with Crippen molar-refractivity contribution in [1.29, 1.82) is 0 Å². The molecule has 0 fully saturated rings. The Balaban J connectivity index is 0.000000309. The molecule has 0 bridgehead atoms. The lowest BCUT2D eigenvalue weighted by Gasteiger charge is -2.27. The van der Waals surface area contributed by atoms with Gasteiger partial charge in [0.1, 0.15) is 18.7 Å². The highest BCUT2D eigenvalue weighted by Gasteiger charge is 2.08. The molecule has 0 aromatic heterocycles. The molecule has 4 atom stereocenters. The van der Waals surface area contributed by atoms with Crippen LogP contribution >= 0.6 is 68.1 Å². The first-order chi connectivity index (χ1) is 21.5. The second-order valence-corrected chi connectivity index (χ2v) is 18.8. The molecular formula is C32H40Br2Cl2N2O4P2S2. The molecule has 4 aromatic carbocycles. The molecule has 6 nitrogen and oxygen atoms in total. The average molecular weight is 873 g/mol. The van der Waals surface area contributed by atoms with Gasteiger partial charge in [0.2, 0.25) is 0 Å². The lowest BCUT2D eigenvalue weighted by molar-refractivity contribution is -0.420. The molecular weight excluding hydrogens is 833 g/mol. The van der Waals surface area contributed by atoms with Gasteiger partial charge in [0.25, 0.3) is 0 Å². The Morgan fingerprint density at radius 2 is 1.04 bits per heavy atom. The van der Waals surface area contributed by atoms with E-state index >= 15 is 0 Å². The molecule has 0 aliphatic rings. The Bertz CT molecular complexity index is 1420. The second-order valence-electron chi connectivity index (χ2n) is 9.69. The lowest BCUT2D eigenvalue weighted by atomic mass is 10.1. The summed E-state index contributed by atoms with van der Waals surface area (Å²) in [6.07, 6.45) is 0. The van der Waals surface area contributed by atoms with Crippen molar-refractivity contribution in [2.75, 3.05) is 13.2 Å². The zero-order valence-corrected chi connectivity index (χ0v) is 34.2. The van der Waals surface area contributed by atoms with Crippen LogP contribution in [0.15, 0.2) is 106 Å². The first kappa shape index (κ1) is 43.5. The fourth-order valence-corrected chi connectivity index (χ4v) is 7.47. The van der Waals surface area contributed by atoms with Gasteiger partial charge in [-0.25, -0.2) is 0 Å². The summed E-state index contributed by atoms with van der Waals surface area (Å²) in [4.78, 5) is 11.7. The molecule has 6 N–H and O–H groups in total. The molecule has 0 radical (unpaired) electrons. The van der Waals surface area contributed by atoms with Gasteiger partial charge in [-0.15, -0.1) is 0 Å². The normalized spacial score (nSPS) is 14.3. The number of halogens is 4. The van der Waals surface area contributed by atoms with Gasteiger partial charge in [-0.1, -0.05) is 103 Å². The molecule has 0 saturated carbocycles. The van der Waals surface area contributed by atoms with Crippen LogP contribution in [0.1, 0.15) is 50.9 Å². The predicted molar refractivity (Wildman–Crippen MR) is 206 cm³/mol. The summed E-state index contributed by atoms with van der Waals surface area (Å²) in [5.41, 5.74) is 10.4. The van der Waals surface area contributed by atoms with Crippen molar-refractivity contribution in [2.45, 2.75) is 39.8 Å². The van der Waals surface area contributed by atoms with Gasteiger partial charge in [-0.3, -0.25) is 0 Å². The highest BCUT2D eigenvalue weighted by molar-refractivity contribution is 9.10. The zero-order valence-electron chi connectivity index (χ0n) is 26.1. The highest BCUT2D eigenvalue weighted by Crippen LogP contribution is 2.42. The minimum Gasteiger partial charge on any atom is -0.797 e. The number of benzene rings is 4. The van der Waals surface area contributed by atoms with Crippen LogP contribution in [-0.2, 0) is 37.7 Å². The summed E-state index contributed by atoms with van der Waals surface area (Å²) < 4.78 is 23.9. The van der Waals surface area contributed by atoms with Crippen LogP contribution in [0.5, 0.6) is 0 Å². The number of hydrogen-bond donors (Lipinski definition) is 2. The van der Waals surface area contributed by atoms with Crippen LogP contribution in [0.4, 0.5) is 0 Å². The van der Waals surface area contributed by atoms with Crippen LogP contribution < -0.4 is 27.0 Å². The molecule has 0 spiro atoms. The Morgan fingerprint density at radius 1 is 0.717 bits per heavy atom. The third-order valence-electron chi connectivity index (χ3n) is 5.76. The number of rotatable bonds is 8. The second kappa shape index (κ2) is 22.2. The van der Waals surface area contributed by atoms with Gasteiger partial charge in [-0.05, 0) is 93.7 Å². The summed E-state index contributed by atoms with van der Waals surface area (Å²) in [6, 6.07) is 30.4. The van der Waals surface area contributed by atoms with E-state index in [1.807, 2.05) is 24.3 Å². The molecule has 46 heavy (non-hydrogen) atoms. The monoisotopic (exact) mass is 870 g/mol. The van der Waals surface area contributed by atoms with Crippen LogP contribution in [-0.4, -0.2) is 13.2 Å². The lowest BCUT2D eigenvalue weighted by Crippen LogP contribution is -2.51. The molecule has 0 saturated heterocycles. The van der Waals surface area contributed by atoms with Crippen molar-refractivity contribution in [1.82, 2.24) is 0 Å². The van der Waals surface area contributed by atoms with Crippen molar-refractivity contribution in [2.24, 2.45) is 0 Å². The Kier molecular flexibility index (Phi) is 21.0. The van der Waals surface area contributed by atoms with E-state index in [1.54, 1.807) is 62.4 Å². The largest absolute Gasteiger partial charge is 0.797 e. The first-order valence-corrected chi connectivity index (χ1v) is 21.7. The fourth-order valence-electron chi connectivity index (χ4n) is 3.32. The van der Waals surface area contributed by atoms with Crippen molar-refractivity contribution in [3.05, 3.63) is 127 Å². The van der Waals surface area contributed by atoms with Crippen molar-refractivity contribution >= 4 is 103 Å². The average Bonchev–Trinajstić information content (AvgIpc) is 2.99. The van der Waals surface area contributed by atoms with E-state index < -0.39 is 13.1 Å². The topological polar surface area (TPSA) is 114 Å². The maximum Gasteiger partial charge on any atom is 0.107 e. The van der Waals surface area contributed by atoms with Gasteiger partial charge < -0.3 is 42.2 Å². The van der Waals surface area contributed by atoms with Crippen molar-refractivity contribution in [3.63, 3.8) is 0 Å². The fraction of sp³-hybridized carbons (Fsp3) is 0.250. The molecule has 14 heteroatoms. The summed E-state index contributed by atoms with van der Waals surface area (Å²) >= 11 is 27.8. The van der Waals surface area contributed by atoms with Crippen LogP contribution in [0.25, 0.3) is 0 Å². The van der Waals surface area contributed by atoms with Crippen LogP contribution in [0.3, 0.4) is 0 Å². The van der Waals surface area contributed by atoms with Gasteiger partial charge >= 0.3 is 0 Å². The van der Waals surface area contributed by atoms with E-state index in [-0.39, 0.29) is 0 Å². The van der Waals surface area contributed by atoms with E-state index in [2.05, 4.69) is 81.4 Å². The minimum atomic E-state index is -3.04. The van der Waals surface area contributed by atoms with Gasteiger partial charge in [-0.2, -0.15) is 0 Å². The molecule has 2 unspecified atom stereocenters. The Hall–Kier alpha value is -0.550. The molecule has 4 rings (SSSR count). The van der Waals surface area contributed by atoms with E-state index in [0.717, 1.165) is 8.95 Å². The van der Waals surface area contributed by atoms with Gasteiger partial charge in [0.15, 0.2) is 0 Å². The van der Waals surface area contributed by atoms with E-state index in [0.29, 0.717) is 46.0 Å². The molecule has 252 valence electrons. The highest BCUT2D eigenvalue weighted by atomic mass is 79.9. The Morgan fingerprint density at radius 3 is 1.35 bits per heavy atom. The van der Waals surface area contributed by atoms with E-state index in [4.69, 9.17) is 56.3 Å². The van der Waals surface area contributed by atoms with E-state index in [1.165, 1.54) is 11.1 Å². The van der Waals surface area contributed by atoms with E-state index in [9.17, 15) is 9.46 Å². The summed E-state index contributed by atoms with van der Waals surface area (Å²) in [5, 5.41) is 2.23. The standard InChI is InChI=1S/2C8H10BrN.2C8H10ClO2PS/c2*1-6(10)7-2-4-8(9)5-3-7;2*1-2-11-12(10,13)8-5-3-7(9)4-6-8/h2*2-6H,10H2,1H3;2*3-6H,2H2,1H3,(H,10,13)/t2*6-;;/m11../s1. The third kappa shape index (κ3) is 17.2. The number of quaternary nitrogens is 2. The molecule has 0 aliphatic carbocycles. The summed E-state index contributed by atoms with van der Waals surface area (Å²) in [6.45, 7) is 2.31. The maximum absolute atomic E-state index is 11.7. The first-order valence-electron chi connectivity index (χ1n) is 14.1. The van der Waals surface area contributed by atoms with Gasteiger partial charge in [0.05, 0.1) is 0 Å². The van der Waals surface area contributed by atoms with Gasteiger partial charge in [0, 0.05) is 55.1 Å². The third-order valence-corrected chi connectivity index (χ3v) is 12.3. The van der Waals surface area contributed by atoms with Crippen LogP contribution in [0, 0.1) is 0 Å². The van der Waals surface area contributed by atoms with Crippen molar-refractivity contribution in [3.8, 4) is 0 Å². The molecule has 0 amide bonds. The number of hydrogen-bond acceptors (Lipinski definition) is 6. The zero-order chi connectivity index (χ0) is 34.9. The molecule has 0 aliphatic heterocycles. The molecule has 0 heterocycles. The summed E-state index contributed by atoms with van der Waals surface area (Å²) in [7, 11) is 0. The SMILES string of the molecule is CCOP(=O)([S-])c1ccc(Cl)cc1.CCOP([O-])(=S)c1ccc(Cl)cc1.C[C@@H]([NH3+])c1ccc(Br)cc1.C[C@@H]([NH3+])c1ccc(Br)cc1. The van der Waals surface area contributed by atoms with Crippen LogP contribution in [0.2, 0.25) is 10.0 Å².